The highest BCUT2D eigenvalue weighted by Crippen LogP contribution is 2.27. The predicted octanol–water partition coefficient (Wildman–Crippen LogP) is 3.86. The van der Waals surface area contributed by atoms with E-state index in [0.717, 1.165) is 54.1 Å². The Hall–Kier alpha value is -4.01. The van der Waals surface area contributed by atoms with Gasteiger partial charge in [0.1, 0.15) is 11.4 Å². The highest BCUT2D eigenvalue weighted by atomic mass is 19.1. The van der Waals surface area contributed by atoms with E-state index in [9.17, 15) is 14.0 Å². The first-order valence-corrected chi connectivity index (χ1v) is 12.9. The lowest BCUT2D eigenvalue weighted by Gasteiger charge is -2.26. The van der Waals surface area contributed by atoms with Crippen LogP contribution in [0.25, 0.3) is 16.6 Å². The number of carbonyl (C=O) groups is 1. The van der Waals surface area contributed by atoms with Gasteiger partial charge in [-0.3, -0.25) is 14.5 Å². The second kappa shape index (κ2) is 10.4. The molecule has 0 bridgehead atoms. The van der Waals surface area contributed by atoms with Gasteiger partial charge in [0.2, 0.25) is 5.43 Å². The first-order valence-electron chi connectivity index (χ1n) is 12.9. The number of benzene rings is 3. The molecule has 0 aliphatic carbocycles. The minimum atomic E-state index is -0.462. The Morgan fingerprint density at radius 3 is 2.61 bits per heavy atom. The molecule has 1 aromatic heterocycles. The van der Waals surface area contributed by atoms with Crippen LogP contribution in [0.1, 0.15) is 27.0 Å². The molecule has 2 aliphatic heterocycles. The van der Waals surface area contributed by atoms with Gasteiger partial charge in [0, 0.05) is 55.7 Å². The number of ether oxygens (including phenoxy) is 1. The average Bonchev–Trinajstić information content (AvgIpc) is 3.42. The van der Waals surface area contributed by atoms with Crippen LogP contribution in [-0.2, 0) is 24.2 Å². The summed E-state index contributed by atoms with van der Waals surface area (Å²) in [4.78, 5) is 29.3. The van der Waals surface area contributed by atoms with Gasteiger partial charge in [0.15, 0.2) is 0 Å². The number of nitrogens with one attached hydrogen (secondary N) is 2. The fourth-order valence-electron chi connectivity index (χ4n) is 5.19. The van der Waals surface area contributed by atoms with E-state index in [1.807, 2.05) is 28.8 Å². The minimum Gasteiger partial charge on any atom is -0.384 e. The van der Waals surface area contributed by atoms with Gasteiger partial charge in [0.25, 0.3) is 5.91 Å². The first-order chi connectivity index (χ1) is 18.5. The third kappa shape index (κ3) is 4.92. The number of halogens is 1. The van der Waals surface area contributed by atoms with E-state index >= 15 is 0 Å². The molecule has 0 unspecified atom stereocenters. The Balaban J connectivity index is 1.40. The van der Waals surface area contributed by atoms with Crippen molar-refractivity contribution < 1.29 is 13.9 Å². The van der Waals surface area contributed by atoms with E-state index in [4.69, 9.17) is 4.74 Å². The standard InChI is InChI=1S/C30H29FN4O3/c31-23-4-1-20(2-5-23)17-33-30(37)26-19-35(24-6-7-27-22(16-24)9-10-32-27)28-8-3-21(15-25(28)29(26)36)18-34-11-13-38-14-12-34/h1-8,15-16,19,32H,9-14,17-18H2,(H,33,37). The number of hydrogen-bond donors (Lipinski definition) is 2. The summed E-state index contributed by atoms with van der Waals surface area (Å²) >= 11 is 0. The van der Waals surface area contributed by atoms with Gasteiger partial charge in [-0.05, 0) is 65.6 Å². The smallest absolute Gasteiger partial charge is 0.257 e. The fraction of sp³-hybridized carbons (Fsp3) is 0.267. The quantitative estimate of drug-likeness (QED) is 0.411. The largest absolute Gasteiger partial charge is 0.384 e. The Bertz CT molecular complexity index is 1560. The predicted molar refractivity (Wildman–Crippen MR) is 145 cm³/mol. The van der Waals surface area contributed by atoms with Crippen molar-refractivity contribution in [3.05, 3.63) is 105 Å². The molecule has 1 amide bonds. The molecule has 3 aromatic carbocycles. The number of nitrogens with zero attached hydrogens (tertiary/aromatic N) is 2. The highest BCUT2D eigenvalue weighted by Gasteiger charge is 2.19. The minimum absolute atomic E-state index is 0.0711. The second-order valence-electron chi connectivity index (χ2n) is 9.81. The Labute approximate surface area is 219 Å². The molecular weight excluding hydrogens is 483 g/mol. The number of rotatable bonds is 6. The van der Waals surface area contributed by atoms with E-state index in [1.165, 1.54) is 17.7 Å². The average molecular weight is 513 g/mol. The molecule has 0 saturated carbocycles. The van der Waals surface area contributed by atoms with Crippen molar-refractivity contribution in [2.75, 3.05) is 38.2 Å². The van der Waals surface area contributed by atoms with Crippen molar-refractivity contribution in [3.8, 4) is 5.69 Å². The van der Waals surface area contributed by atoms with E-state index in [2.05, 4.69) is 27.7 Å². The zero-order valence-corrected chi connectivity index (χ0v) is 21.0. The molecule has 0 atom stereocenters. The van der Waals surface area contributed by atoms with Gasteiger partial charge in [-0.1, -0.05) is 18.2 Å². The van der Waals surface area contributed by atoms with E-state index in [0.29, 0.717) is 25.1 Å². The van der Waals surface area contributed by atoms with Crippen LogP contribution in [-0.4, -0.2) is 48.2 Å². The number of morpholine rings is 1. The summed E-state index contributed by atoms with van der Waals surface area (Å²) in [6.07, 6.45) is 2.56. The number of anilines is 1. The van der Waals surface area contributed by atoms with Crippen molar-refractivity contribution >= 4 is 22.5 Å². The number of pyridine rings is 1. The van der Waals surface area contributed by atoms with Crippen molar-refractivity contribution in [2.45, 2.75) is 19.5 Å². The lowest BCUT2D eigenvalue weighted by molar-refractivity contribution is 0.0342. The molecule has 2 N–H and O–H groups in total. The molecular formula is C30H29FN4O3. The van der Waals surface area contributed by atoms with Crippen LogP contribution in [0, 0.1) is 5.82 Å². The van der Waals surface area contributed by atoms with Crippen molar-refractivity contribution in [1.29, 1.82) is 0 Å². The van der Waals surface area contributed by atoms with Gasteiger partial charge in [0.05, 0.1) is 18.7 Å². The van der Waals surface area contributed by atoms with E-state index in [-0.39, 0.29) is 23.4 Å². The molecule has 4 aromatic rings. The third-order valence-electron chi connectivity index (χ3n) is 7.27. The summed E-state index contributed by atoms with van der Waals surface area (Å²) in [5.41, 5.74) is 5.50. The number of carbonyl (C=O) groups excluding carboxylic acids is 1. The van der Waals surface area contributed by atoms with Gasteiger partial charge < -0.3 is 19.9 Å². The van der Waals surface area contributed by atoms with Gasteiger partial charge in [-0.25, -0.2) is 4.39 Å². The molecule has 194 valence electrons. The Morgan fingerprint density at radius 2 is 1.79 bits per heavy atom. The maximum atomic E-state index is 13.7. The van der Waals surface area contributed by atoms with Gasteiger partial charge in [-0.15, -0.1) is 0 Å². The monoisotopic (exact) mass is 512 g/mol. The molecule has 0 radical (unpaired) electrons. The summed E-state index contributed by atoms with van der Waals surface area (Å²) in [5.74, 6) is -0.800. The molecule has 7 nitrogen and oxygen atoms in total. The zero-order valence-electron chi connectivity index (χ0n) is 21.0. The maximum Gasteiger partial charge on any atom is 0.257 e. The second-order valence-corrected chi connectivity index (χ2v) is 9.81. The van der Waals surface area contributed by atoms with Crippen molar-refractivity contribution in [3.63, 3.8) is 0 Å². The Kier molecular flexibility index (Phi) is 6.66. The van der Waals surface area contributed by atoms with E-state index < -0.39 is 5.91 Å². The fourth-order valence-corrected chi connectivity index (χ4v) is 5.19. The van der Waals surface area contributed by atoms with Crippen LogP contribution in [0.2, 0.25) is 0 Å². The lowest BCUT2D eigenvalue weighted by atomic mass is 10.1. The SMILES string of the molecule is O=C(NCc1ccc(F)cc1)c1cn(-c2ccc3c(c2)CCN3)c2ccc(CN3CCOCC3)cc2c1=O. The summed E-state index contributed by atoms with van der Waals surface area (Å²) in [7, 11) is 0. The van der Waals surface area contributed by atoms with Gasteiger partial charge >= 0.3 is 0 Å². The molecule has 3 heterocycles. The summed E-state index contributed by atoms with van der Waals surface area (Å²) < 4.78 is 20.7. The lowest BCUT2D eigenvalue weighted by Crippen LogP contribution is -2.35. The Morgan fingerprint density at radius 1 is 1.00 bits per heavy atom. The van der Waals surface area contributed by atoms with Crippen LogP contribution in [0.15, 0.2) is 71.7 Å². The first kappa shape index (κ1) is 24.3. The maximum absolute atomic E-state index is 13.7. The molecule has 1 fully saturated rings. The summed E-state index contributed by atoms with van der Waals surface area (Å²) in [5, 5.41) is 6.71. The molecule has 8 heteroatoms. The zero-order chi connectivity index (χ0) is 26.1. The van der Waals surface area contributed by atoms with Crippen LogP contribution in [0.5, 0.6) is 0 Å². The molecule has 2 aliphatic rings. The van der Waals surface area contributed by atoms with Crippen molar-refractivity contribution in [1.82, 2.24) is 14.8 Å². The number of amides is 1. The normalized spacial score (nSPS) is 15.3. The number of hydrogen-bond acceptors (Lipinski definition) is 5. The van der Waals surface area contributed by atoms with Crippen molar-refractivity contribution in [2.24, 2.45) is 0 Å². The number of fused-ring (bicyclic) bond motifs is 2. The molecule has 38 heavy (non-hydrogen) atoms. The summed E-state index contributed by atoms with van der Waals surface area (Å²) in [6, 6.07) is 18.0. The molecule has 0 spiro atoms. The van der Waals surface area contributed by atoms with Crippen LogP contribution in [0.3, 0.4) is 0 Å². The topological polar surface area (TPSA) is 75.6 Å². The number of aromatic nitrogens is 1. The molecule has 6 rings (SSSR count). The third-order valence-corrected chi connectivity index (χ3v) is 7.27. The van der Waals surface area contributed by atoms with Gasteiger partial charge in [-0.2, -0.15) is 0 Å². The molecule has 1 saturated heterocycles. The van der Waals surface area contributed by atoms with Crippen LogP contribution in [0.4, 0.5) is 10.1 Å². The summed E-state index contributed by atoms with van der Waals surface area (Å²) in [6.45, 7) is 4.89. The van der Waals surface area contributed by atoms with Crippen LogP contribution >= 0.6 is 0 Å². The van der Waals surface area contributed by atoms with Crippen LogP contribution < -0.4 is 16.1 Å². The highest BCUT2D eigenvalue weighted by molar-refractivity contribution is 5.97. The van der Waals surface area contributed by atoms with E-state index in [1.54, 1.807) is 18.3 Å².